The first kappa shape index (κ1) is 14.5. The number of rotatable bonds is 5. The summed E-state index contributed by atoms with van der Waals surface area (Å²) in [5, 5.41) is 15.7. The zero-order chi connectivity index (χ0) is 10.7. The van der Waals surface area contributed by atoms with E-state index in [-0.39, 0.29) is 0 Å². The zero-order valence-electron chi connectivity index (χ0n) is 7.65. The summed E-state index contributed by atoms with van der Waals surface area (Å²) in [6.07, 6.45) is 2.91. The lowest BCUT2D eigenvalue weighted by atomic mass is 10.1. The van der Waals surface area contributed by atoms with Crippen LogP contribution in [-0.4, -0.2) is 28.8 Å². The number of aliphatic carboxylic acids is 1. The molecule has 6 N–H and O–H groups in total. The number of unbranched alkanes of at least 4 members (excludes halogenated alkanes) is 1. The number of hydrogen-bond acceptors (Lipinski definition) is 4. The normalized spacial score (nSPS) is 10.9. The molecule has 5 heteroatoms. The van der Waals surface area contributed by atoms with Gasteiger partial charge in [-0.2, -0.15) is 0 Å². The summed E-state index contributed by atoms with van der Waals surface area (Å²) in [7, 11) is 0. The average molecular weight is 190 g/mol. The molecule has 0 aromatic carbocycles. The highest BCUT2D eigenvalue weighted by molar-refractivity contribution is 5.72. The van der Waals surface area contributed by atoms with Crippen molar-refractivity contribution >= 4 is 5.97 Å². The standard InChI is InChI=1S/C6H14N2O2.C2H4O/c7-4-2-1-3-5(8)6(9)10;1-2-3/h5H,1-4,7-8H2,(H,9,10);2-3H,1H2/t5-;/m0./s1. The van der Waals surface area contributed by atoms with E-state index in [4.69, 9.17) is 21.7 Å². The molecule has 0 spiro atoms. The third-order valence-electron chi connectivity index (χ3n) is 1.29. The van der Waals surface area contributed by atoms with Crippen LogP contribution >= 0.6 is 0 Å². The Labute approximate surface area is 78.0 Å². The number of hydrogen-bond donors (Lipinski definition) is 4. The Bertz CT molecular complexity index is 139. The van der Waals surface area contributed by atoms with Gasteiger partial charge in [-0.3, -0.25) is 4.79 Å². The van der Waals surface area contributed by atoms with E-state index in [2.05, 4.69) is 6.58 Å². The number of carbonyl (C=O) groups is 1. The summed E-state index contributed by atoms with van der Waals surface area (Å²) < 4.78 is 0. The van der Waals surface area contributed by atoms with Crippen molar-refractivity contribution in [2.75, 3.05) is 6.54 Å². The quantitative estimate of drug-likeness (QED) is 0.366. The minimum absolute atomic E-state index is 0.520. The Morgan fingerprint density at radius 1 is 1.54 bits per heavy atom. The number of aliphatic hydroxyl groups is 1. The van der Waals surface area contributed by atoms with Gasteiger partial charge >= 0.3 is 5.97 Å². The fourth-order valence-corrected chi connectivity index (χ4v) is 0.632. The second kappa shape index (κ2) is 10.9. The molecule has 0 fully saturated rings. The van der Waals surface area contributed by atoms with Crippen molar-refractivity contribution in [3.63, 3.8) is 0 Å². The van der Waals surface area contributed by atoms with Crippen molar-refractivity contribution < 1.29 is 15.0 Å². The molecule has 0 rings (SSSR count). The molecule has 0 heterocycles. The van der Waals surface area contributed by atoms with E-state index >= 15 is 0 Å². The topological polar surface area (TPSA) is 110 Å². The predicted molar refractivity (Wildman–Crippen MR) is 51.3 cm³/mol. The summed E-state index contributed by atoms with van der Waals surface area (Å²) in [4.78, 5) is 10.1. The van der Waals surface area contributed by atoms with E-state index in [1.165, 1.54) is 0 Å². The maximum absolute atomic E-state index is 10.1. The highest BCUT2D eigenvalue weighted by Gasteiger charge is 2.09. The summed E-state index contributed by atoms with van der Waals surface area (Å²) in [6.45, 7) is 3.52. The molecule has 0 amide bonds. The first-order chi connectivity index (χ1) is 6.09. The highest BCUT2D eigenvalue weighted by atomic mass is 16.4. The molecule has 0 aromatic heterocycles. The van der Waals surface area contributed by atoms with Crippen molar-refractivity contribution in [2.45, 2.75) is 25.3 Å². The van der Waals surface area contributed by atoms with Gasteiger partial charge in [0, 0.05) is 0 Å². The maximum Gasteiger partial charge on any atom is 0.320 e. The molecule has 0 aromatic rings. The number of aliphatic hydroxyl groups excluding tert-OH is 1. The molecule has 0 aliphatic carbocycles. The molecule has 0 aliphatic heterocycles. The SMILES string of the molecule is C=CO.NCCCC[C@H](N)C(=O)O. The van der Waals surface area contributed by atoms with Crippen LogP contribution in [0.3, 0.4) is 0 Å². The summed E-state index contributed by atoms with van der Waals surface area (Å²) >= 11 is 0. The third kappa shape index (κ3) is 13.9. The van der Waals surface area contributed by atoms with E-state index in [1.54, 1.807) is 0 Å². The van der Waals surface area contributed by atoms with Crippen LogP contribution in [0.15, 0.2) is 12.8 Å². The van der Waals surface area contributed by atoms with E-state index in [0.29, 0.717) is 13.0 Å². The first-order valence-electron chi connectivity index (χ1n) is 4.03. The second-order valence-corrected chi connectivity index (χ2v) is 2.41. The molecule has 5 nitrogen and oxygen atoms in total. The minimum Gasteiger partial charge on any atom is -0.516 e. The van der Waals surface area contributed by atoms with E-state index in [1.807, 2.05) is 0 Å². The van der Waals surface area contributed by atoms with Crippen LogP contribution < -0.4 is 11.5 Å². The molecule has 0 unspecified atom stereocenters. The molecule has 13 heavy (non-hydrogen) atoms. The fraction of sp³-hybridized carbons (Fsp3) is 0.625. The van der Waals surface area contributed by atoms with E-state index < -0.39 is 12.0 Å². The average Bonchev–Trinajstić information content (AvgIpc) is 2.06. The van der Waals surface area contributed by atoms with Crippen molar-refractivity contribution in [1.82, 2.24) is 0 Å². The van der Waals surface area contributed by atoms with Crippen LogP contribution in [-0.2, 0) is 4.79 Å². The Balaban J connectivity index is 0. The predicted octanol–water partition coefficient (Wildman–Crippen LogP) is 0.215. The van der Waals surface area contributed by atoms with Gasteiger partial charge in [0.05, 0.1) is 6.26 Å². The number of carboxylic acid groups (broad SMARTS) is 1. The molecule has 0 bridgehead atoms. The lowest BCUT2D eigenvalue weighted by molar-refractivity contribution is -0.138. The van der Waals surface area contributed by atoms with Gasteiger partial charge in [0.15, 0.2) is 0 Å². The second-order valence-electron chi connectivity index (χ2n) is 2.41. The van der Waals surface area contributed by atoms with Crippen molar-refractivity contribution in [2.24, 2.45) is 11.5 Å². The van der Waals surface area contributed by atoms with Gasteiger partial charge < -0.3 is 21.7 Å². The Morgan fingerprint density at radius 2 is 2.00 bits per heavy atom. The molecule has 0 radical (unpaired) electrons. The summed E-state index contributed by atoms with van der Waals surface area (Å²) in [5.74, 6) is -0.933. The lowest BCUT2D eigenvalue weighted by Crippen LogP contribution is -2.29. The largest absolute Gasteiger partial charge is 0.516 e. The number of nitrogens with two attached hydrogens (primary N) is 2. The Morgan fingerprint density at radius 3 is 2.31 bits per heavy atom. The third-order valence-corrected chi connectivity index (χ3v) is 1.29. The summed E-state index contributed by atoms with van der Waals surface area (Å²) in [5.41, 5.74) is 10.4. The van der Waals surface area contributed by atoms with Crippen LogP contribution in [0.4, 0.5) is 0 Å². The Kier molecular flexibility index (Phi) is 12.2. The van der Waals surface area contributed by atoms with Crippen LogP contribution in [0.5, 0.6) is 0 Å². The van der Waals surface area contributed by atoms with Crippen molar-refractivity contribution in [1.29, 1.82) is 0 Å². The molecular weight excluding hydrogens is 172 g/mol. The van der Waals surface area contributed by atoms with Gasteiger partial charge in [0.25, 0.3) is 0 Å². The molecular formula is C8H18N2O3. The highest BCUT2D eigenvalue weighted by Crippen LogP contribution is 1.96. The van der Waals surface area contributed by atoms with Crippen LogP contribution in [0.1, 0.15) is 19.3 Å². The van der Waals surface area contributed by atoms with Gasteiger partial charge in [-0.1, -0.05) is 13.0 Å². The Hall–Kier alpha value is -1.07. The van der Waals surface area contributed by atoms with Crippen molar-refractivity contribution in [3.8, 4) is 0 Å². The lowest BCUT2D eigenvalue weighted by Gasteiger charge is -2.03. The maximum atomic E-state index is 10.1. The van der Waals surface area contributed by atoms with E-state index in [0.717, 1.165) is 19.1 Å². The van der Waals surface area contributed by atoms with Gasteiger partial charge in [0.2, 0.25) is 0 Å². The van der Waals surface area contributed by atoms with Gasteiger partial charge in [-0.25, -0.2) is 0 Å². The zero-order valence-corrected chi connectivity index (χ0v) is 7.65. The minimum atomic E-state index is -0.933. The molecule has 78 valence electrons. The van der Waals surface area contributed by atoms with Gasteiger partial charge in [0.1, 0.15) is 6.04 Å². The smallest absolute Gasteiger partial charge is 0.320 e. The molecule has 1 atom stereocenters. The molecule has 0 saturated heterocycles. The van der Waals surface area contributed by atoms with E-state index in [9.17, 15) is 4.79 Å². The first-order valence-corrected chi connectivity index (χ1v) is 4.03. The van der Waals surface area contributed by atoms with Gasteiger partial charge in [-0.15, -0.1) is 0 Å². The summed E-state index contributed by atoms with van der Waals surface area (Å²) in [6, 6.07) is -0.716. The monoisotopic (exact) mass is 190 g/mol. The van der Waals surface area contributed by atoms with Crippen LogP contribution in [0, 0.1) is 0 Å². The number of carboxylic acids is 1. The van der Waals surface area contributed by atoms with Crippen LogP contribution in [0.25, 0.3) is 0 Å². The molecule has 0 aliphatic rings. The fourth-order valence-electron chi connectivity index (χ4n) is 0.632. The van der Waals surface area contributed by atoms with Gasteiger partial charge in [-0.05, 0) is 19.4 Å². The molecule has 0 saturated carbocycles. The van der Waals surface area contributed by atoms with Crippen molar-refractivity contribution in [3.05, 3.63) is 12.8 Å². The van der Waals surface area contributed by atoms with Crippen LogP contribution in [0.2, 0.25) is 0 Å².